The molecular formula is C78H148O17P2. The van der Waals surface area contributed by atoms with E-state index in [1.807, 2.05) is 0 Å². The second-order valence-corrected chi connectivity index (χ2v) is 31.3. The fourth-order valence-corrected chi connectivity index (χ4v) is 12.9. The molecule has 0 radical (unpaired) electrons. The predicted molar refractivity (Wildman–Crippen MR) is 395 cm³/mol. The number of aliphatic hydroxyl groups is 1. The van der Waals surface area contributed by atoms with Crippen LogP contribution in [-0.4, -0.2) is 96.7 Å². The molecule has 17 nitrogen and oxygen atoms in total. The van der Waals surface area contributed by atoms with Crippen molar-refractivity contribution in [2.24, 2.45) is 17.8 Å². The van der Waals surface area contributed by atoms with E-state index in [-0.39, 0.29) is 25.7 Å². The molecule has 0 rings (SSSR count). The lowest BCUT2D eigenvalue weighted by atomic mass is 9.99. The molecule has 0 aromatic carbocycles. The minimum atomic E-state index is -4.97. The van der Waals surface area contributed by atoms with E-state index in [0.29, 0.717) is 25.7 Å². The van der Waals surface area contributed by atoms with Crippen LogP contribution in [0.2, 0.25) is 0 Å². The summed E-state index contributed by atoms with van der Waals surface area (Å²) < 4.78 is 68.6. The Morgan fingerprint density at radius 2 is 0.608 bits per heavy atom. The van der Waals surface area contributed by atoms with Crippen LogP contribution in [0.5, 0.6) is 0 Å². The SMILES string of the molecule is CCCCCC/C=C\C=C/CCCCCCCC(=O)O[C@H](COC(=O)CCCCCCCCCCCCCC(C)C)COP(=O)(O)OC[C@@H](O)COP(=O)(O)OC[C@@H](COC(=O)CCCCCCCCC(C)CC)OC(=O)CCCCCCCCCCCCCCCCC(C)CC. The third kappa shape index (κ3) is 69.1. The van der Waals surface area contributed by atoms with E-state index in [4.69, 9.17) is 37.0 Å². The van der Waals surface area contributed by atoms with Gasteiger partial charge in [0.2, 0.25) is 0 Å². The number of phosphoric ester groups is 2. The Labute approximate surface area is 592 Å². The lowest BCUT2D eigenvalue weighted by Crippen LogP contribution is -2.30. The number of phosphoric acid groups is 2. The van der Waals surface area contributed by atoms with E-state index in [2.05, 4.69) is 72.8 Å². The smallest absolute Gasteiger partial charge is 0.462 e. The first-order chi connectivity index (χ1) is 46.8. The average molecular weight is 1420 g/mol. The van der Waals surface area contributed by atoms with E-state index < -0.39 is 97.5 Å². The molecule has 0 fully saturated rings. The Kier molecular flexibility index (Phi) is 66.3. The van der Waals surface area contributed by atoms with Crippen LogP contribution in [0, 0.1) is 17.8 Å². The number of esters is 4. The fourth-order valence-electron chi connectivity index (χ4n) is 11.4. The van der Waals surface area contributed by atoms with Gasteiger partial charge < -0.3 is 33.8 Å². The second-order valence-electron chi connectivity index (χ2n) is 28.4. The molecule has 0 heterocycles. The summed E-state index contributed by atoms with van der Waals surface area (Å²) in [5.74, 6) is 0.196. The summed E-state index contributed by atoms with van der Waals surface area (Å²) in [7, 11) is -9.93. The number of unbranched alkanes of at least 4 members (excludes halogenated alkanes) is 37. The van der Waals surface area contributed by atoms with Gasteiger partial charge in [0.15, 0.2) is 12.2 Å². The van der Waals surface area contributed by atoms with E-state index >= 15 is 0 Å². The molecule has 0 bridgehead atoms. The Balaban J connectivity index is 5.28. The van der Waals surface area contributed by atoms with Crippen LogP contribution in [-0.2, 0) is 65.4 Å². The van der Waals surface area contributed by atoms with Gasteiger partial charge in [-0.1, -0.05) is 323 Å². The topological polar surface area (TPSA) is 237 Å². The number of hydrogen-bond acceptors (Lipinski definition) is 15. The first-order valence-corrected chi connectivity index (χ1v) is 42.7. The molecule has 0 aliphatic carbocycles. The summed E-state index contributed by atoms with van der Waals surface area (Å²) in [6.07, 6.45) is 57.6. The molecule has 19 heteroatoms. The molecule has 97 heavy (non-hydrogen) atoms. The van der Waals surface area contributed by atoms with Gasteiger partial charge in [-0.25, -0.2) is 9.13 Å². The van der Waals surface area contributed by atoms with Crippen molar-refractivity contribution in [2.75, 3.05) is 39.6 Å². The van der Waals surface area contributed by atoms with E-state index in [1.54, 1.807) is 0 Å². The maximum Gasteiger partial charge on any atom is 0.472 e. The third-order valence-electron chi connectivity index (χ3n) is 18.2. The molecule has 0 saturated carbocycles. The molecular weight excluding hydrogens is 1270 g/mol. The summed E-state index contributed by atoms with van der Waals surface area (Å²) in [6, 6.07) is 0. The molecule has 0 aliphatic rings. The monoisotopic (exact) mass is 1420 g/mol. The highest BCUT2D eigenvalue weighted by Crippen LogP contribution is 2.45. The van der Waals surface area contributed by atoms with Crippen LogP contribution in [0.15, 0.2) is 24.3 Å². The van der Waals surface area contributed by atoms with Crippen LogP contribution in [0.1, 0.15) is 376 Å². The van der Waals surface area contributed by atoms with E-state index in [9.17, 15) is 43.2 Å². The minimum Gasteiger partial charge on any atom is -0.462 e. The molecule has 7 atom stereocenters. The van der Waals surface area contributed by atoms with Gasteiger partial charge in [0.05, 0.1) is 26.4 Å². The number of carbonyl (C=O) groups excluding carboxylic acids is 4. The Hall–Kier alpha value is -2.46. The molecule has 0 saturated heterocycles. The van der Waals surface area contributed by atoms with Crippen LogP contribution >= 0.6 is 15.6 Å². The molecule has 0 aromatic heterocycles. The average Bonchev–Trinajstić information content (AvgIpc) is 1.52. The van der Waals surface area contributed by atoms with Crippen molar-refractivity contribution in [2.45, 2.75) is 394 Å². The number of rotatable bonds is 74. The summed E-state index contributed by atoms with van der Waals surface area (Å²) >= 11 is 0. The first-order valence-electron chi connectivity index (χ1n) is 39.7. The van der Waals surface area contributed by atoms with Crippen molar-refractivity contribution in [3.05, 3.63) is 24.3 Å². The van der Waals surface area contributed by atoms with Crippen molar-refractivity contribution in [1.29, 1.82) is 0 Å². The van der Waals surface area contributed by atoms with Crippen molar-refractivity contribution in [3.63, 3.8) is 0 Å². The van der Waals surface area contributed by atoms with E-state index in [0.717, 1.165) is 127 Å². The van der Waals surface area contributed by atoms with Crippen molar-refractivity contribution in [3.8, 4) is 0 Å². The zero-order chi connectivity index (χ0) is 71.6. The van der Waals surface area contributed by atoms with Gasteiger partial charge in [-0.2, -0.15) is 0 Å². The molecule has 0 spiro atoms. The maximum atomic E-state index is 13.1. The Morgan fingerprint density at radius 1 is 0.340 bits per heavy atom. The largest absolute Gasteiger partial charge is 0.472 e. The van der Waals surface area contributed by atoms with Gasteiger partial charge >= 0.3 is 39.5 Å². The highest BCUT2D eigenvalue weighted by atomic mass is 31.2. The van der Waals surface area contributed by atoms with E-state index in [1.165, 1.54) is 167 Å². The van der Waals surface area contributed by atoms with Crippen LogP contribution in [0.3, 0.4) is 0 Å². The standard InChI is InChI=1S/C78H148O17P2/c1-8-11-12-13-14-15-16-17-18-22-27-33-38-47-54-61-77(82)94-73(65-88-75(80)59-52-45-37-32-29-24-25-30-35-42-49-56-69(4)5)67-92-96(84,85)90-63-72(79)64-91-97(86,87)93-68-74(66-89-76(81)60-53-46-41-40-44-51-58-71(7)10-3)95-78(83)62-55-48-39-34-28-23-20-19-21-26-31-36-43-50-57-70(6)9-2/h15-18,69-74,79H,8-14,19-68H2,1-7H3,(H,84,85)(H,86,87)/b16-15-,18-17-/t70?,71?,72-,73-,74-/m1/s1. The predicted octanol–water partition coefficient (Wildman–Crippen LogP) is 22.5. The number of aliphatic hydroxyl groups excluding tert-OH is 1. The highest BCUT2D eigenvalue weighted by Gasteiger charge is 2.30. The van der Waals surface area contributed by atoms with Crippen LogP contribution in [0.4, 0.5) is 0 Å². The Bertz CT molecular complexity index is 1990. The maximum absolute atomic E-state index is 13.1. The van der Waals surface area contributed by atoms with Crippen LogP contribution < -0.4 is 0 Å². The normalized spacial score (nSPS) is 14.8. The number of allylic oxidation sites excluding steroid dienone is 4. The number of hydrogen-bond donors (Lipinski definition) is 3. The summed E-state index contributed by atoms with van der Waals surface area (Å²) in [5.41, 5.74) is 0. The molecule has 572 valence electrons. The third-order valence-corrected chi connectivity index (χ3v) is 20.1. The fraction of sp³-hybridized carbons (Fsp3) is 0.897. The zero-order valence-electron chi connectivity index (χ0n) is 63.0. The van der Waals surface area contributed by atoms with Gasteiger partial charge in [0.1, 0.15) is 19.3 Å². The number of carbonyl (C=O) groups is 4. The quantitative estimate of drug-likeness (QED) is 0.0169. The molecule has 0 aliphatic heterocycles. The summed E-state index contributed by atoms with van der Waals surface area (Å²) in [5, 5.41) is 10.6. The molecule has 4 unspecified atom stereocenters. The summed E-state index contributed by atoms with van der Waals surface area (Å²) in [6.45, 7) is 11.9. The molecule has 3 N–H and O–H groups in total. The lowest BCUT2D eigenvalue weighted by Gasteiger charge is -2.21. The minimum absolute atomic E-state index is 0.0846. The van der Waals surface area contributed by atoms with Gasteiger partial charge in [0, 0.05) is 25.7 Å². The van der Waals surface area contributed by atoms with Crippen molar-refractivity contribution >= 4 is 39.5 Å². The lowest BCUT2D eigenvalue weighted by molar-refractivity contribution is -0.161. The number of ether oxygens (including phenoxy) is 4. The van der Waals surface area contributed by atoms with Gasteiger partial charge in [0.25, 0.3) is 0 Å². The molecule has 0 amide bonds. The van der Waals surface area contributed by atoms with Crippen molar-refractivity contribution in [1.82, 2.24) is 0 Å². The van der Waals surface area contributed by atoms with Gasteiger partial charge in [-0.15, -0.1) is 0 Å². The van der Waals surface area contributed by atoms with Crippen LogP contribution in [0.25, 0.3) is 0 Å². The Morgan fingerprint density at radius 3 is 0.918 bits per heavy atom. The van der Waals surface area contributed by atoms with Gasteiger partial charge in [-0.3, -0.25) is 37.3 Å². The highest BCUT2D eigenvalue weighted by molar-refractivity contribution is 7.47. The molecule has 0 aromatic rings. The summed E-state index contributed by atoms with van der Waals surface area (Å²) in [4.78, 5) is 72.9. The van der Waals surface area contributed by atoms with Gasteiger partial charge in [-0.05, 0) is 69.1 Å². The first kappa shape index (κ1) is 94.5. The second kappa shape index (κ2) is 68.0. The zero-order valence-corrected chi connectivity index (χ0v) is 64.8. The van der Waals surface area contributed by atoms with Crippen molar-refractivity contribution < 1.29 is 80.2 Å².